The summed E-state index contributed by atoms with van der Waals surface area (Å²) in [5.74, 6) is 0.776. The SMILES string of the molecule is Cn1c(C(=O)NC2CCC(O)CC2)nc2c(N3CCC(n4c(=O)[nH]c5ccccc54)CC3)ncnc21. The highest BCUT2D eigenvalue weighted by Gasteiger charge is 2.28. The second kappa shape index (κ2) is 9.05. The molecule has 188 valence electrons. The number of aliphatic hydroxyl groups is 1. The molecule has 6 rings (SSSR count). The van der Waals surface area contributed by atoms with Crippen molar-refractivity contribution in [1.82, 2.24) is 34.4 Å². The van der Waals surface area contributed by atoms with Crippen molar-refractivity contribution in [2.75, 3.05) is 18.0 Å². The van der Waals surface area contributed by atoms with Crippen LogP contribution in [0, 0.1) is 0 Å². The number of nitrogens with one attached hydrogen (secondary N) is 2. The molecule has 1 saturated heterocycles. The monoisotopic (exact) mass is 490 g/mol. The largest absolute Gasteiger partial charge is 0.393 e. The molecule has 4 heterocycles. The van der Waals surface area contributed by atoms with Gasteiger partial charge in [0.25, 0.3) is 5.91 Å². The van der Waals surface area contributed by atoms with Crippen molar-refractivity contribution >= 4 is 33.9 Å². The number of aromatic amines is 1. The van der Waals surface area contributed by atoms with Gasteiger partial charge < -0.3 is 24.9 Å². The van der Waals surface area contributed by atoms with Crippen LogP contribution in [-0.4, -0.2) is 65.3 Å². The van der Waals surface area contributed by atoms with Crippen LogP contribution in [0.2, 0.25) is 0 Å². The number of amides is 1. The van der Waals surface area contributed by atoms with Crippen LogP contribution in [0.4, 0.5) is 5.82 Å². The second-order valence-electron chi connectivity index (χ2n) is 9.88. The molecule has 1 amide bonds. The lowest BCUT2D eigenvalue weighted by Gasteiger charge is -2.33. The van der Waals surface area contributed by atoms with E-state index >= 15 is 0 Å². The summed E-state index contributed by atoms with van der Waals surface area (Å²) in [5.41, 5.74) is 2.92. The molecule has 1 aromatic carbocycles. The number of aromatic nitrogens is 6. The number of benzene rings is 1. The first kappa shape index (κ1) is 22.7. The van der Waals surface area contributed by atoms with Gasteiger partial charge in [-0.3, -0.25) is 9.36 Å². The lowest BCUT2D eigenvalue weighted by Crippen LogP contribution is -2.39. The maximum Gasteiger partial charge on any atom is 0.326 e. The third-order valence-electron chi connectivity index (χ3n) is 7.62. The van der Waals surface area contributed by atoms with E-state index in [2.05, 4.69) is 30.2 Å². The first-order valence-corrected chi connectivity index (χ1v) is 12.6. The van der Waals surface area contributed by atoms with Gasteiger partial charge in [-0.15, -0.1) is 0 Å². The van der Waals surface area contributed by atoms with Gasteiger partial charge in [-0.1, -0.05) is 12.1 Å². The minimum atomic E-state index is -0.273. The van der Waals surface area contributed by atoms with Crippen molar-refractivity contribution < 1.29 is 9.90 Å². The van der Waals surface area contributed by atoms with Crippen LogP contribution in [0.3, 0.4) is 0 Å². The fourth-order valence-electron chi connectivity index (χ4n) is 5.66. The maximum absolute atomic E-state index is 13.0. The summed E-state index contributed by atoms with van der Waals surface area (Å²) in [6.07, 6.45) is 5.74. The Morgan fingerprint density at radius 2 is 1.83 bits per heavy atom. The summed E-state index contributed by atoms with van der Waals surface area (Å²) in [5, 5.41) is 12.8. The Kier molecular flexibility index (Phi) is 5.71. The van der Waals surface area contributed by atoms with Gasteiger partial charge in [0.2, 0.25) is 5.82 Å². The lowest BCUT2D eigenvalue weighted by atomic mass is 9.93. The molecule has 1 aliphatic heterocycles. The molecule has 2 aliphatic rings. The molecule has 3 N–H and O–H groups in total. The molecule has 4 aromatic rings. The Hall–Kier alpha value is -3.73. The fraction of sp³-hybridized carbons (Fsp3) is 0.480. The number of carbonyl (C=O) groups excluding carboxylic acids is 1. The number of anilines is 1. The highest BCUT2D eigenvalue weighted by atomic mass is 16.3. The van der Waals surface area contributed by atoms with E-state index in [4.69, 9.17) is 0 Å². The van der Waals surface area contributed by atoms with Gasteiger partial charge in [-0.05, 0) is 50.7 Å². The Bertz CT molecular complexity index is 1470. The summed E-state index contributed by atoms with van der Waals surface area (Å²) in [4.78, 5) is 44.4. The van der Waals surface area contributed by atoms with Gasteiger partial charge in [0.15, 0.2) is 17.0 Å². The molecule has 11 heteroatoms. The van der Waals surface area contributed by atoms with Crippen LogP contribution in [0.25, 0.3) is 22.2 Å². The molecule has 11 nitrogen and oxygen atoms in total. The molecule has 1 aliphatic carbocycles. The number of rotatable bonds is 4. The molecule has 0 unspecified atom stereocenters. The average Bonchev–Trinajstić information content (AvgIpc) is 3.41. The van der Waals surface area contributed by atoms with Crippen LogP contribution in [0.5, 0.6) is 0 Å². The Balaban J connectivity index is 1.22. The molecule has 0 bridgehead atoms. The van der Waals surface area contributed by atoms with Crippen LogP contribution in [0.1, 0.15) is 55.2 Å². The molecule has 0 radical (unpaired) electrons. The van der Waals surface area contributed by atoms with E-state index < -0.39 is 0 Å². The number of fused-ring (bicyclic) bond motifs is 2. The zero-order chi connectivity index (χ0) is 24.8. The number of aliphatic hydroxyl groups excluding tert-OH is 1. The number of hydrogen-bond donors (Lipinski definition) is 3. The van der Waals surface area contributed by atoms with E-state index in [1.807, 2.05) is 28.8 Å². The van der Waals surface area contributed by atoms with Crippen molar-refractivity contribution in [2.45, 2.75) is 56.7 Å². The van der Waals surface area contributed by atoms with E-state index in [0.29, 0.717) is 48.7 Å². The highest BCUT2D eigenvalue weighted by molar-refractivity contribution is 5.96. The van der Waals surface area contributed by atoms with Crippen LogP contribution in [0.15, 0.2) is 35.4 Å². The van der Waals surface area contributed by atoms with Crippen molar-refractivity contribution in [3.63, 3.8) is 0 Å². The molecule has 0 atom stereocenters. The number of carbonyl (C=O) groups is 1. The summed E-state index contributed by atoms with van der Waals surface area (Å²) >= 11 is 0. The Morgan fingerprint density at radius 3 is 2.61 bits per heavy atom. The number of aryl methyl sites for hydroxylation is 1. The first-order chi connectivity index (χ1) is 17.5. The van der Waals surface area contributed by atoms with Gasteiger partial charge in [0, 0.05) is 32.2 Å². The van der Waals surface area contributed by atoms with Crippen molar-refractivity contribution in [3.05, 3.63) is 46.9 Å². The van der Waals surface area contributed by atoms with Crippen LogP contribution in [-0.2, 0) is 7.05 Å². The first-order valence-electron chi connectivity index (χ1n) is 12.6. The van der Waals surface area contributed by atoms with Gasteiger partial charge >= 0.3 is 5.69 Å². The molecule has 36 heavy (non-hydrogen) atoms. The quantitative estimate of drug-likeness (QED) is 0.398. The molecule has 0 spiro atoms. The van der Waals surface area contributed by atoms with E-state index in [1.54, 1.807) is 11.6 Å². The number of piperidine rings is 1. The number of H-pyrrole nitrogens is 1. The maximum atomic E-state index is 13.0. The van der Waals surface area contributed by atoms with E-state index in [1.165, 1.54) is 6.33 Å². The minimum absolute atomic E-state index is 0.0400. The Morgan fingerprint density at radius 1 is 1.08 bits per heavy atom. The smallest absolute Gasteiger partial charge is 0.326 e. The van der Waals surface area contributed by atoms with E-state index in [9.17, 15) is 14.7 Å². The van der Waals surface area contributed by atoms with E-state index in [-0.39, 0.29) is 29.8 Å². The number of hydrogen-bond acceptors (Lipinski definition) is 7. The van der Waals surface area contributed by atoms with Crippen LogP contribution >= 0.6 is 0 Å². The average molecular weight is 491 g/mol. The standard InChI is InChI=1S/C25H30N8O3/c1-31-21-20(30-23(31)24(35)28-15-6-8-17(34)9-7-15)22(27-14-26-21)32-12-10-16(11-13-32)33-19-5-3-2-4-18(19)29-25(33)36/h2-5,14-17,34H,6-13H2,1H3,(H,28,35)(H,29,36). The van der Waals surface area contributed by atoms with Crippen molar-refractivity contribution in [2.24, 2.45) is 7.05 Å². The minimum Gasteiger partial charge on any atom is -0.393 e. The van der Waals surface area contributed by atoms with Crippen LogP contribution < -0.4 is 15.9 Å². The second-order valence-corrected chi connectivity index (χ2v) is 9.88. The molecule has 1 saturated carbocycles. The number of para-hydroxylation sites is 2. The molecular weight excluding hydrogens is 460 g/mol. The third kappa shape index (κ3) is 3.93. The van der Waals surface area contributed by atoms with Gasteiger partial charge in [0.1, 0.15) is 6.33 Å². The van der Waals surface area contributed by atoms with Gasteiger partial charge in [-0.2, -0.15) is 0 Å². The summed E-state index contributed by atoms with van der Waals surface area (Å²) < 4.78 is 3.58. The Labute approximate surface area is 207 Å². The zero-order valence-electron chi connectivity index (χ0n) is 20.2. The predicted molar refractivity (Wildman–Crippen MR) is 135 cm³/mol. The molecule has 2 fully saturated rings. The topological polar surface area (TPSA) is 134 Å². The van der Waals surface area contributed by atoms with Crippen molar-refractivity contribution in [3.8, 4) is 0 Å². The number of nitrogens with zero attached hydrogens (tertiary/aromatic N) is 6. The zero-order valence-corrected chi connectivity index (χ0v) is 20.2. The summed E-state index contributed by atoms with van der Waals surface area (Å²) in [6, 6.07) is 7.91. The highest BCUT2D eigenvalue weighted by Crippen LogP contribution is 2.30. The molecular formula is C25H30N8O3. The lowest BCUT2D eigenvalue weighted by molar-refractivity contribution is 0.0856. The van der Waals surface area contributed by atoms with E-state index in [0.717, 1.165) is 36.7 Å². The molecule has 3 aromatic heterocycles. The predicted octanol–water partition coefficient (Wildman–Crippen LogP) is 1.88. The van der Waals surface area contributed by atoms with Gasteiger partial charge in [0.05, 0.1) is 17.1 Å². The number of imidazole rings is 2. The summed E-state index contributed by atoms with van der Waals surface area (Å²) in [7, 11) is 1.79. The third-order valence-corrected chi connectivity index (χ3v) is 7.62. The van der Waals surface area contributed by atoms with Crippen molar-refractivity contribution in [1.29, 1.82) is 0 Å². The van der Waals surface area contributed by atoms with Gasteiger partial charge in [-0.25, -0.2) is 19.7 Å². The normalized spacial score (nSPS) is 21.3. The fourth-order valence-corrected chi connectivity index (χ4v) is 5.66. The summed E-state index contributed by atoms with van der Waals surface area (Å²) in [6.45, 7) is 1.43.